The fourth-order valence-corrected chi connectivity index (χ4v) is 1.82. The average Bonchev–Trinajstić information content (AvgIpc) is 2.92. The molecule has 0 bridgehead atoms. The van der Waals surface area contributed by atoms with E-state index in [1.54, 1.807) is 13.2 Å². The molecule has 0 unspecified atom stereocenters. The van der Waals surface area contributed by atoms with Crippen LogP contribution in [0.3, 0.4) is 0 Å². The largest absolute Gasteiger partial charge is 0.500 e. The van der Waals surface area contributed by atoms with Crippen LogP contribution in [-0.2, 0) is 7.05 Å². The maximum Gasteiger partial charge on any atom is 0.315 e. The van der Waals surface area contributed by atoms with E-state index in [2.05, 4.69) is 5.10 Å². The van der Waals surface area contributed by atoms with Gasteiger partial charge in [-0.2, -0.15) is 5.10 Å². The van der Waals surface area contributed by atoms with Gasteiger partial charge in [-0.05, 0) is 17.7 Å². The maximum absolute atomic E-state index is 11.9. The minimum absolute atomic E-state index is 0.0392. The number of phenolic OH excluding ortho intramolecular Hbond substituents is 1. The summed E-state index contributed by atoms with van der Waals surface area (Å²) in [7, 11) is 2.97. The number of allylic oxidation sites excluding steroid dienone is 1. The van der Waals surface area contributed by atoms with Gasteiger partial charge in [-0.3, -0.25) is 19.6 Å². The molecule has 0 amide bonds. The molecule has 0 saturated heterocycles. The Kier molecular flexibility index (Phi) is 4.21. The lowest BCUT2D eigenvalue weighted by Gasteiger charge is -2.05. The number of hydrogen-bond donors (Lipinski definition) is 1. The normalized spacial score (nSPS) is 10.8. The number of hydrogen-bond acceptors (Lipinski definition) is 6. The summed E-state index contributed by atoms with van der Waals surface area (Å²) < 4.78 is 6.38. The number of nitro benzene ring substituents is 1. The van der Waals surface area contributed by atoms with Gasteiger partial charge in [0, 0.05) is 19.3 Å². The number of carbonyl (C=O) groups is 1. The van der Waals surface area contributed by atoms with E-state index in [1.807, 2.05) is 0 Å². The predicted molar refractivity (Wildman–Crippen MR) is 77.9 cm³/mol. The quantitative estimate of drug-likeness (QED) is 0.391. The number of aryl methyl sites for hydroxylation is 1. The van der Waals surface area contributed by atoms with E-state index in [0.717, 1.165) is 6.07 Å². The standard InChI is InChI=1S/C14H13N3O5/c1-16-8-10(7-15-16)12(18)4-3-9-5-11(17(20)21)14(19)13(6-9)22-2/h3-8,19H,1-2H3/b4-3+. The summed E-state index contributed by atoms with van der Waals surface area (Å²) in [5.41, 5.74) is 0.269. The number of benzene rings is 1. The van der Waals surface area contributed by atoms with Crippen molar-refractivity contribution in [2.45, 2.75) is 0 Å². The zero-order valence-electron chi connectivity index (χ0n) is 11.9. The third kappa shape index (κ3) is 3.11. The zero-order chi connectivity index (χ0) is 16.3. The molecule has 0 saturated carbocycles. The number of aromatic hydroxyl groups is 1. The van der Waals surface area contributed by atoms with Crippen molar-refractivity contribution in [2.24, 2.45) is 7.05 Å². The number of ether oxygens (including phenoxy) is 1. The van der Waals surface area contributed by atoms with E-state index in [1.165, 1.54) is 36.2 Å². The summed E-state index contributed by atoms with van der Waals surface area (Å²) in [5, 5.41) is 24.5. The first-order chi connectivity index (χ1) is 10.4. The molecule has 0 aliphatic rings. The topological polar surface area (TPSA) is 107 Å². The van der Waals surface area contributed by atoms with Gasteiger partial charge in [0.25, 0.3) is 0 Å². The third-order valence-corrected chi connectivity index (χ3v) is 2.91. The lowest BCUT2D eigenvalue weighted by molar-refractivity contribution is -0.386. The summed E-state index contributed by atoms with van der Waals surface area (Å²) >= 11 is 0. The molecule has 8 nitrogen and oxygen atoms in total. The van der Waals surface area contributed by atoms with Gasteiger partial charge in [0.05, 0.1) is 23.8 Å². The molecule has 114 valence electrons. The molecule has 2 aromatic rings. The lowest BCUT2D eigenvalue weighted by atomic mass is 10.1. The average molecular weight is 303 g/mol. The molecule has 0 aliphatic heterocycles. The Balaban J connectivity index is 2.33. The van der Waals surface area contributed by atoms with Crippen LogP contribution in [0.1, 0.15) is 15.9 Å². The van der Waals surface area contributed by atoms with Gasteiger partial charge in [0.2, 0.25) is 5.75 Å². The second-order valence-corrected chi connectivity index (χ2v) is 4.45. The lowest BCUT2D eigenvalue weighted by Crippen LogP contribution is -1.94. The Labute approximate surface area is 125 Å². The molecule has 2 rings (SSSR count). The van der Waals surface area contributed by atoms with Crippen LogP contribution in [0.15, 0.2) is 30.6 Å². The Morgan fingerprint density at radius 1 is 1.50 bits per heavy atom. The number of phenols is 1. The van der Waals surface area contributed by atoms with Gasteiger partial charge in [-0.15, -0.1) is 0 Å². The first-order valence-corrected chi connectivity index (χ1v) is 6.19. The summed E-state index contributed by atoms with van der Waals surface area (Å²) in [5.74, 6) is -0.881. The van der Waals surface area contributed by atoms with Crippen LogP contribution in [0.4, 0.5) is 5.69 Å². The van der Waals surface area contributed by atoms with Crippen molar-refractivity contribution in [2.75, 3.05) is 7.11 Å². The molecule has 1 heterocycles. The number of rotatable bonds is 5. The zero-order valence-corrected chi connectivity index (χ0v) is 11.9. The highest BCUT2D eigenvalue weighted by atomic mass is 16.6. The molecule has 1 N–H and O–H groups in total. The van der Waals surface area contributed by atoms with E-state index in [-0.39, 0.29) is 11.5 Å². The summed E-state index contributed by atoms with van der Waals surface area (Å²) in [6.45, 7) is 0. The second kappa shape index (κ2) is 6.08. The van der Waals surface area contributed by atoms with Crippen molar-refractivity contribution >= 4 is 17.5 Å². The number of carbonyl (C=O) groups excluding carboxylic acids is 1. The minimum Gasteiger partial charge on any atom is -0.500 e. The summed E-state index contributed by atoms with van der Waals surface area (Å²) in [4.78, 5) is 22.1. The Morgan fingerprint density at radius 3 is 2.77 bits per heavy atom. The van der Waals surface area contributed by atoms with Crippen LogP contribution >= 0.6 is 0 Å². The summed E-state index contributed by atoms with van der Waals surface area (Å²) in [6, 6.07) is 2.56. The van der Waals surface area contributed by atoms with Gasteiger partial charge < -0.3 is 9.84 Å². The van der Waals surface area contributed by atoms with Crippen LogP contribution in [0.5, 0.6) is 11.5 Å². The van der Waals surface area contributed by atoms with Crippen LogP contribution in [0.2, 0.25) is 0 Å². The Hall–Kier alpha value is -3.16. The van der Waals surface area contributed by atoms with Crippen molar-refractivity contribution in [3.63, 3.8) is 0 Å². The Morgan fingerprint density at radius 2 is 2.23 bits per heavy atom. The highest BCUT2D eigenvalue weighted by Gasteiger charge is 2.19. The van der Waals surface area contributed by atoms with Gasteiger partial charge >= 0.3 is 5.69 Å². The van der Waals surface area contributed by atoms with E-state index in [0.29, 0.717) is 11.1 Å². The molecule has 0 radical (unpaired) electrons. The Bertz CT molecular complexity index is 764. The first-order valence-electron chi connectivity index (χ1n) is 6.19. The molecule has 1 aromatic heterocycles. The number of nitro groups is 1. The third-order valence-electron chi connectivity index (χ3n) is 2.91. The fraction of sp³-hybridized carbons (Fsp3) is 0.143. The smallest absolute Gasteiger partial charge is 0.315 e. The molecular weight excluding hydrogens is 290 g/mol. The van der Waals surface area contributed by atoms with Crippen molar-refractivity contribution in [3.8, 4) is 11.5 Å². The molecule has 0 aliphatic carbocycles. The molecule has 8 heteroatoms. The van der Waals surface area contributed by atoms with Crippen molar-refractivity contribution in [3.05, 3.63) is 51.8 Å². The van der Waals surface area contributed by atoms with Crippen LogP contribution in [0, 0.1) is 10.1 Å². The van der Waals surface area contributed by atoms with Crippen molar-refractivity contribution in [1.82, 2.24) is 9.78 Å². The maximum atomic E-state index is 11.9. The van der Waals surface area contributed by atoms with E-state index in [4.69, 9.17) is 4.74 Å². The highest BCUT2D eigenvalue weighted by Crippen LogP contribution is 2.37. The van der Waals surface area contributed by atoms with Gasteiger partial charge in [0.15, 0.2) is 11.5 Å². The SMILES string of the molecule is COc1cc(/C=C/C(=O)c2cnn(C)c2)cc([N+](=O)[O-])c1O. The number of ketones is 1. The van der Waals surface area contributed by atoms with E-state index < -0.39 is 16.4 Å². The van der Waals surface area contributed by atoms with Crippen LogP contribution in [-0.4, -0.2) is 32.7 Å². The fourth-order valence-electron chi connectivity index (χ4n) is 1.82. The first kappa shape index (κ1) is 15.2. The summed E-state index contributed by atoms with van der Waals surface area (Å²) in [6.07, 6.45) is 5.66. The molecule has 1 aromatic carbocycles. The molecule has 0 atom stereocenters. The van der Waals surface area contributed by atoms with Crippen LogP contribution in [0.25, 0.3) is 6.08 Å². The van der Waals surface area contributed by atoms with Crippen molar-refractivity contribution in [1.29, 1.82) is 0 Å². The highest BCUT2D eigenvalue weighted by molar-refractivity contribution is 6.06. The van der Waals surface area contributed by atoms with Gasteiger partial charge in [-0.25, -0.2) is 0 Å². The number of methoxy groups -OCH3 is 1. The number of nitrogens with zero attached hydrogens (tertiary/aromatic N) is 3. The van der Waals surface area contributed by atoms with E-state index in [9.17, 15) is 20.0 Å². The molecular formula is C14H13N3O5. The van der Waals surface area contributed by atoms with E-state index >= 15 is 0 Å². The van der Waals surface area contributed by atoms with Gasteiger partial charge in [0.1, 0.15) is 0 Å². The second-order valence-electron chi connectivity index (χ2n) is 4.45. The predicted octanol–water partition coefficient (Wildman–Crippen LogP) is 1.94. The minimum atomic E-state index is -0.724. The monoisotopic (exact) mass is 303 g/mol. The molecule has 22 heavy (non-hydrogen) atoms. The molecule has 0 spiro atoms. The molecule has 0 fully saturated rings. The van der Waals surface area contributed by atoms with Crippen LogP contribution < -0.4 is 4.74 Å². The van der Waals surface area contributed by atoms with Gasteiger partial charge in [-0.1, -0.05) is 6.08 Å². The number of aromatic nitrogens is 2. The van der Waals surface area contributed by atoms with Crippen molar-refractivity contribution < 1.29 is 19.6 Å².